The average molecular weight is 491 g/mol. The number of carbonyl (C=O) groups is 4. The van der Waals surface area contributed by atoms with Crippen molar-refractivity contribution in [3.63, 3.8) is 0 Å². The first-order chi connectivity index (χ1) is 16.3. The van der Waals surface area contributed by atoms with Crippen LogP contribution >= 0.6 is 11.6 Å². The first kappa shape index (κ1) is 24.5. The van der Waals surface area contributed by atoms with Crippen molar-refractivity contribution in [1.82, 2.24) is 15.1 Å². The van der Waals surface area contributed by atoms with Gasteiger partial charge in [0.25, 0.3) is 5.91 Å². The zero-order valence-electron chi connectivity index (χ0n) is 19.2. The molecule has 4 amide bonds. The maximum absolute atomic E-state index is 13.2. The number of carbonyl (C=O) groups excluding carboxylic acids is 3. The lowest BCUT2D eigenvalue weighted by atomic mass is 9.82. The molecule has 0 radical (unpaired) electrons. The molecule has 3 saturated heterocycles. The molecule has 0 unspecified atom stereocenters. The van der Waals surface area contributed by atoms with Gasteiger partial charge in [0.15, 0.2) is 0 Å². The van der Waals surface area contributed by atoms with Crippen LogP contribution in [0.2, 0.25) is 5.02 Å². The minimum atomic E-state index is -0.766. The Labute approximate surface area is 204 Å². The number of halogens is 1. The van der Waals surface area contributed by atoms with Crippen molar-refractivity contribution in [2.24, 2.45) is 11.8 Å². The van der Waals surface area contributed by atoms with Gasteiger partial charge in [0.2, 0.25) is 5.91 Å². The molecular weight excluding hydrogens is 460 g/mol. The molecule has 10 heteroatoms. The van der Waals surface area contributed by atoms with Crippen molar-refractivity contribution < 1.29 is 24.3 Å². The standard InChI is InChI=1S/C24H31ClN4O5/c25-19-2-1-18(14-20(19)29-12-7-21(30)26-24(29)34)23(33)28-10-5-17(6-11-28)13-16-3-8-27(9-4-16)15-22(31)32/h1-2,14,16-17H,3-13,15H2,(H,31,32)(H,26,30,34). The van der Waals surface area contributed by atoms with E-state index in [9.17, 15) is 19.2 Å². The minimum absolute atomic E-state index is 0.0770. The number of likely N-dealkylation sites (tertiary alicyclic amines) is 2. The number of rotatable bonds is 6. The molecule has 34 heavy (non-hydrogen) atoms. The van der Waals surface area contributed by atoms with Crippen LogP contribution in [0.3, 0.4) is 0 Å². The monoisotopic (exact) mass is 490 g/mol. The number of hydrogen-bond acceptors (Lipinski definition) is 5. The van der Waals surface area contributed by atoms with Gasteiger partial charge in [0.05, 0.1) is 17.3 Å². The van der Waals surface area contributed by atoms with Crippen molar-refractivity contribution in [2.45, 2.75) is 38.5 Å². The molecular formula is C24H31ClN4O5. The molecule has 3 fully saturated rings. The van der Waals surface area contributed by atoms with Gasteiger partial charge in [-0.2, -0.15) is 0 Å². The summed E-state index contributed by atoms with van der Waals surface area (Å²) in [5.74, 6) is 0.0387. The van der Waals surface area contributed by atoms with Crippen LogP contribution in [0.25, 0.3) is 0 Å². The highest BCUT2D eigenvalue weighted by molar-refractivity contribution is 6.34. The second-order valence-electron chi connectivity index (χ2n) is 9.51. The van der Waals surface area contributed by atoms with Gasteiger partial charge in [0, 0.05) is 31.6 Å². The van der Waals surface area contributed by atoms with Crippen LogP contribution in [0.4, 0.5) is 10.5 Å². The molecule has 9 nitrogen and oxygen atoms in total. The smallest absolute Gasteiger partial charge is 0.328 e. The molecule has 0 aromatic heterocycles. The van der Waals surface area contributed by atoms with Crippen molar-refractivity contribution >= 4 is 41.1 Å². The van der Waals surface area contributed by atoms with Gasteiger partial charge in [-0.05, 0) is 75.2 Å². The number of benzene rings is 1. The second kappa shape index (κ2) is 10.7. The van der Waals surface area contributed by atoms with E-state index in [4.69, 9.17) is 16.7 Å². The summed E-state index contributed by atoms with van der Waals surface area (Å²) in [6, 6.07) is 4.41. The van der Waals surface area contributed by atoms with Crippen LogP contribution in [0.1, 0.15) is 48.9 Å². The van der Waals surface area contributed by atoms with Crippen molar-refractivity contribution in [1.29, 1.82) is 0 Å². The molecule has 3 aliphatic rings. The highest BCUT2D eigenvalue weighted by Crippen LogP contribution is 2.32. The molecule has 3 heterocycles. The minimum Gasteiger partial charge on any atom is -0.480 e. The third kappa shape index (κ3) is 5.88. The fourth-order valence-corrected chi connectivity index (χ4v) is 5.46. The number of aliphatic carboxylic acids is 1. The largest absolute Gasteiger partial charge is 0.480 e. The fraction of sp³-hybridized carbons (Fsp3) is 0.583. The SMILES string of the molecule is O=C(O)CN1CCC(CC2CCN(C(=O)c3ccc(Cl)c(N4CCC(=O)NC4=O)c3)CC2)CC1. The molecule has 0 atom stereocenters. The van der Waals surface area contributed by atoms with E-state index in [1.54, 1.807) is 18.2 Å². The predicted molar refractivity (Wildman–Crippen MR) is 127 cm³/mol. The maximum Gasteiger partial charge on any atom is 0.328 e. The van der Waals surface area contributed by atoms with Gasteiger partial charge in [0.1, 0.15) is 0 Å². The molecule has 0 spiro atoms. The Morgan fingerprint density at radius 2 is 1.65 bits per heavy atom. The molecule has 0 saturated carbocycles. The molecule has 1 aromatic rings. The normalized spacial score (nSPS) is 21.0. The molecule has 4 rings (SSSR count). The van der Waals surface area contributed by atoms with E-state index < -0.39 is 12.0 Å². The highest BCUT2D eigenvalue weighted by Gasteiger charge is 2.30. The number of nitrogens with one attached hydrogen (secondary N) is 1. The molecule has 0 bridgehead atoms. The first-order valence-electron chi connectivity index (χ1n) is 11.9. The van der Waals surface area contributed by atoms with Crippen LogP contribution in [-0.4, -0.2) is 78.0 Å². The average Bonchev–Trinajstić information content (AvgIpc) is 2.81. The number of carboxylic acids is 1. The summed E-state index contributed by atoms with van der Waals surface area (Å²) in [6.07, 6.45) is 5.31. The summed E-state index contributed by atoms with van der Waals surface area (Å²) in [6.45, 7) is 3.42. The third-order valence-corrected chi connectivity index (χ3v) is 7.49. The molecule has 3 aliphatic heterocycles. The van der Waals surface area contributed by atoms with Crippen molar-refractivity contribution in [2.75, 3.05) is 44.2 Å². The Kier molecular flexibility index (Phi) is 7.73. The van der Waals surface area contributed by atoms with Gasteiger partial charge in [-0.15, -0.1) is 0 Å². The third-order valence-electron chi connectivity index (χ3n) is 7.17. The number of urea groups is 1. The van der Waals surface area contributed by atoms with E-state index >= 15 is 0 Å². The Bertz CT molecular complexity index is 955. The molecule has 2 N–H and O–H groups in total. The predicted octanol–water partition coefficient (Wildman–Crippen LogP) is 2.83. The molecule has 1 aromatic carbocycles. The molecule has 0 aliphatic carbocycles. The van der Waals surface area contributed by atoms with E-state index in [1.807, 2.05) is 9.80 Å². The topological polar surface area (TPSA) is 110 Å². The van der Waals surface area contributed by atoms with E-state index in [1.165, 1.54) is 4.90 Å². The maximum atomic E-state index is 13.2. The quantitative estimate of drug-likeness (QED) is 0.634. The summed E-state index contributed by atoms with van der Waals surface area (Å²) in [7, 11) is 0. The summed E-state index contributed by atoms with van der Waals surface area (Å²) in [5, 5.41) is 11.6. The Hall–Kier alpha value is -2.65. The number of piperidine rings is 2. The second-order valence-corrected chi connectivity index (χ2v) is 9.91. The number of hydrogen-bond donors (Lipinski definition) is 2. The highest BCUT2D eigenvalue weighted by atomic mass is 35.5. The van der Waals surface area contributed by atoms with Gasteiger partial charge < -0.3 is 10.0 Å². The zero-order valence-corrected chi connectivity index (χ0v) is 19.9. The van der Waals surface area contributed by atoms with E-state index in [-0.39, 0.29) is 31.3 Å². The van der Waals surface area contributed by atoms with Gasteiger partial charge >= 0.3 is 12.0 Å². The van der Waals surface area contributed by atoms with E-state index in [2.05, 4.69) is 5.32 Å². The van der Waals surface area contributed by atoms with Crippen LogP contribution in [0.5, 0.6) is 0 Å². The summed E-state index contributed by atoms with van der Waals surface area (Å²) < 4.78 is 0. The first-order valence-corrected chi connectivity index (χ1v) is 12.3. The Morgan fingerprint density at radius 3 is 2.26 bits per heavy atom. The lowest BCUT2D eigenvalue weighted by molar-refractivity contribution is -0.138. The van der Waals surface area contributed by atoms with Crippen LogP contribution in [0, 0.1) is 11.8 Å². The van der Waals surface area contributed by atoms with Crippen LogP contribution in [0.15, 0.2) is 18.2 Å². The fourth-order valence-electron chi connectivity index (χ4n) is 5.24. The molecule has 184 valence electrons. The Balaban J connectivity index is 1.29. The van der Waals surface area contributed by atoms with Crippen LogP contribution in [-0.2, 0) is 9.59 Å². The summed E-state index contributed by atoms with van der Waals surface area (Å²) >= 11 is 6.30. The number of anilines is 1. The van der Waals surface area contributed by atoms with E-state index in [0.29, 0.717) is 41.2 Å². The van der Waals surface area contributed by atoms with Gasteiger partial charge in [-0.1, -0.05) is 11.6 Å². The number of imide groups is 1. The number of carboxylic acid groups (broad SMARTS) is 1. The zero-order chi connectivity index (χ0) is 24.2. The lowest BCUT2D eigenvalue weighted by Gasteiger charge is -2.36. The summed E-state index contributed by atoms with van der Waals surface area (Å²) in [4.78, 5) is 53.0. The van der Waals surface area contributed by atoms with Crippen LogP contribution < -0.4 is 10.2 Å². The van der Waals surface area contributed by atoms with Crippen molar-refractivity contribution in [3.05, 3.63) is 28.8 Å². The van der Waals surface area contributed by atoms with E-state index in [0.717, 1.165) is 45.2 Å². The van der Waals surface area contributed by atoms with Gasteiger partial charge in [-0.25, -0.2) is 4.79 Å². The Morgan fingerprint density at radius 1 is 1.00 bits per heavy atom. The van der Waals surface area contributed by atoms with Gasteiger partial charge in [-0.3, -0.25) is 29.5 Å². The summed E-state index contributed by atoms with van der Waals surface area (Å²) in [5.41, 5.74) is 0.912. The number of amides is 4. The lowest BCUT2D eigenvalue weighted by Crippen LogP contribution is -2.49. The van der Waals surface area contributed by atoms with Crippen molar-refractivity contribution in [3.8, 4) is 0 Å². The number of nitrogens with zero attached hydrogens (tertiary/aromatic N) is 3.